The minimum Gasteiger partial charge on any atom is -0.484 e. The molecule has 0 bridgehead atoms. The lowest BCUT2D eigenvalue weighted by molar-refractivity contribution is -0.143. The van der Waals surface area contributed by atoms with Crippen molar-refractivity contribution >= 4 is 23.4 Å². The smallest absolute Gasteiger partial charge is 0.261 e. The second-order valence-electron chi connectivity index (χ2n) is 7.28. The van der Waals surface area contributed by atoms with Gasteiger partial charge in [0.2, 0.25) is 5.91 Å². The number of hydrogen-bond donors (Lipinski definition) is 1. The molecule has 0 fully saturated rings. The highest BCUT2D eigenvalue weighted by atomic mass is 35.5. The molecule has 1 N–H and O–H groups in total. The van der Waals surface area contributed by atoms with Gasteiger partial charge in [0, 0.05) is 17.6 Å². The average Bonchev–Trinajstić information content (AvgIpc) is 2.68. The maximum atomic E-state index is 13.1. The first-order valence-corrected chi connectivity index (χ1v) is 10.2. The fraction of sp³-hybridized carbons (Fsp3) is 0.391. The molecular weight excluding hydrogens is 388 g/mol. The second-order valence-corrected chi connectivity index (χ2v) is 7.71. The van der Waals surface area contributed by atoms with Gasteiger partial charge in [-0.2, -0.15) is 0 Å². The van der Waals surface area contributed by atoms with E-state index in [1.807, 2.05) is 52.0 Å². The van der Waals surface area contributed by atoms with Crippen molar-refractivity contribution < 1.29 is 14.3 Å². The zero-order valence-corrected chi connectivity index (χ0v) is 18.2. The van der Waals surface area contributed by atoms with Crippen LogP contribution in [0.2, 0.25) is 5.02 Å². The van der Waals surface area contributed by atoms with E-state index in [1.165, 1.54) is 0 Å². The van der Waals surface area contributed by atoms with Crippen LogP contribution >= 0.6 is 11.6 Å². The predicted molar refractivity (Wildman–Crippen MR) is 116 cm³/mol. The third-order valence-corrected chi connectivity index (χ3v) is 4.85. The molecule has 2 rings (SSSR count). The quantitative estimate of drug-likeness (QED) is 0.660. The van der Waals surface area contributed by atoms with Crippen LogP contribution in [0.1, 0.15) is 38.3 Å². The van der Waals surface area contributed by atoms with Gasteiger partial charge >= 0.3 is 0 Å². The van der Waals surface area contributed by atoms with E-state index in [9.17, 15) is 9.59 Å². The second kappa shape index (κ2) is 10.9. The Hall–Kier alpha value is -2.53. The Bertz CT molecular complexity index is 821. The molecule has 0 saturated carbocycles. The summed E-state index contributed by atoms with van der Waals surface area (Å²) in [5, 5.41) is 3.52. The molecular formula is C23H29ClN2O3. The van der Waals surface area contributed by atoms with Gasteiger partial charge in [0.15, 0.2) is 6.61 Å². The van der Waals surface area contributed by atoms with Gasteiger partial charge in [-0.15, -0.1) is 0 Å². The van der Waals surface area contributed by atoms with Crippen LogP contribution in [-0.2, 0) is 16.1 Å². The van der Waals surface area contributed by atoms with E-state index in [2.05, 4.69) is 5.32 Å². The van der Waals surface area contributed by atoms with E-state index in [4.69, 9.17) is 16.3 Å². The molecule has 0 heterocycles. The summed E-state index contributed by atoms with van der Waals surface area (Å²) in [6, 6.07) is 14.1. The van der Waals surface area contributed by atoms with E-state index >= 15 is 0 Å². The van der Waals surface area contributed by atoms with Gasteiger partial charge in [-0.25, -0.2) is 0 Å². The highest BCUT2D eigenvalue weighted by Crippen LogP contribution is 2.18. The molecule has 5 nitrogen and oxygen atoms in total. The Morgan fingerprint density at radius 2 is 1.76 bits per heavy atom. The highest BCUT2D eigenvalue weighted by molar-refractivity contribution is 6.30. The van der Waals surface area contributed by atoms with Gasteiger partial charge in [-0.1, -0.05) is 42.8 Å². The van der Waals surface area contributed by atoms with Crippen molar-refractivity contribution in [2.45, 2.75) is 52.7 Å². The first-order valence-electron chi connectivity index (χ1n) is 9.84. The minimum atomic E-state index is -0.571. The number of hydrogen-bond acceptors (Lipinski definition) is 3. The lowest BCUT2D eigenvalue weighted by atomic mass is 10.1. The topological polar surface area (TPSA) is 58.6 Å². The monoisotopic (exact) mass is 416 g/mol. The summed E-state index contributed by atoms with van der Waals surface area (Å²) in [6.45, 7) is 7.90. The summed E-state index contributed by atoms with van der Waals surface area (Å²) < 4.78 is 5.65. The molecule has 0 radical (unpaired) electrons. The van der Waals surface area contributed by atoms with E-state index in [0.717, 1.165) is 11.1 Å². The molecule has 156 valence electrons. The van der Waals surface area contributed by atoms with Crippen LogP contribution in [-0.4, -0.2) is 35.4 Å². The van der Waals surface area contributed by atoms with Crippen molar-refractivity contribution in [2.24, 2.45) is 0 Å². The largest absolute Gasteiger partial charge is 0.484 e. The average molecular weight is 417 g/mol. The molecule has 2 amide bonds. The predicted octanol–water partition coefficient (Wildman–Crippen LogP) is 4.36. The molecule has 0 aliphatic carbocycles. The zero-order valence-electron chi connectivity index (χ0n) is 17.4. The Kier molecular flexibility index (Phi) is 8.52. The fourth-order valence-electron chi connectivity index (χ4n) is 3.03. The normalized spacial score (nSPS) is 11.8. The first kappa shape index (κ1) is 22.8. The molecule has 29 heavy (non-hydrogen) atoms. The Morgan fingerprint density at radius 1 is 1.10 bits per heavy atom. The van der Waals surface area contributed by atoms with Crippen molar-refractivity contribution in [3.63, 3.8) is 0 Å². The standard InChI is InChI=1S/C23H29ClN2O3/c1-5-21(23(28)25-16(2)3)26(14-18-9-7-6-8-17(18)4)22(27)15-29-20-12-10-19(24)11-13-20/h6-13,16,21H,5,14-15H2,1-4H3,(H,25,28). The van der Waals surface area contributed by atoms with Gasteiger partial charge in [-0.05, 0) is 62.6 Å². The summed E-state index contributed by atoms with van der Waals surface area (Å²) in [5.41, 5.74) is 2.08. The Morgan fingerprint density at radius 3 is 2.34 bits per heavy atom. The maximum Gasteiger partial charge on any atom is 0.261 e. The number of nitrogens with one attached hydrogen (secondary N) is 1. The van der Waals surface area contributed by atoms with Gasteiger partial charge in [0.05, 0.1) is 0 Å². The summed E-state index contributed by atoms with van der Waals surface area (Å²) >= 11 is 5.89. The molecule has 6 heteroatoms. The number of benzene rings is 2. The maximum absolute atomic E-state index is 13.1. The van der Waals surface area contributed by atoms with Crippen LogP contribution in [0.4, 0.5) is 0 Å². The number of carbonyl (C=O) groups is 2. The molecule has 0 spiro atoms. The molecule has 1 atom stereocenters. The van der Waals surface area contributed by atoms with Crippen LogP contribution in [0.5, 0.6) is 5.75 Å². The molecule has 0 aliphatic heterocycles. The van der Waals surface area contributed by atoms with Crippen LogP contribution < -0.4 is 10.1 Å². The van der Waals surface area contributed by atoms with Gasteiger partial charge in [0.25, 0.3) is 5.91 Å². The van der Waals surface area contributed by atoms with Gasteiger partial charge in [-0.3, -0.25) is 9.59 Å². The number of rotatable bonds is 9. The number of halogens is 1. The zero-order chi connectivity index (χ0) is 21.4. The van der Waals surface area contributed by atoms with E-state index in [0.29, 0.717) is 23.7 Å². The summed E-state index contributed by atoms with van der Waals surface area (Å²) in [7, 11) is 0. The van der Waals surface area contributed by atoms with Gasteiger partial charge < -0.3 is 15.0 Å². The van der Waals surface area contributed by atoms with Crippen molar-refractivity contribution in [1.29, 1.82) is 0 Å². The lowest BCUT2D eigenvalue weighted by Gasteiger charge is -2.31. The molecule has 0 saturated heterocycles. The van der Waals surface area contributed by atoms with E-state index < -0.39 is 6.04 Å². The number of carbonyl (C=O) groups excluding carboxylic acids is 2. The fourth-order valence-corrected chi connectivity index (χ4v) is 3.16. The molecule has 0 aliphatic rings. The molecule has 0 aromatic heterocycles. The Balaban J connectivity index is 2.21. The van der Waals surface area contributed by atoms with Crippen LogP contribution in [0.25, 0.3) is 0 Å². The third kappa shape index (κ3) is 6.79. The van der Waals surface area contributed by atoms with E-state index in [1.54, 1.807) is 29.2 Å². The number of aryl methyl sites for hydroxylation is 1. The lowest BCUT2D eigenvalue weighted by Crippen LogP contribution is -2.51. The van der Waals surface area contributed by atoms with Crippen LogP contribution in [0.15, 0.2) is 48.5 Å². The number of amides is 2. The van der Waals surface area contributed by atoms with E-state index in [-0.39, 0.29) is 24.5 Å². The summed E-state index contributed by atoms with van der Waals surface area (Å²) in [6.07, 6.45) is 0.511. The van der Waals surface area contributed by atoms with Crippen molar-refractivity contribution in [2.75, 3.05) is 6.61 Å². The van der Waals surface area contributed by atoms with Crippen molar-refractivity contribution in [3.05, 3.63) is 64.7 Å². The highest BCUT2D eigenvalue weighted by Gasteiger charge is 2.29. The number of nitrogens with zero attached hydrogens (tertiary/aromatic N) is 1. The van der Waals surface area contributed by atoms with Crippen molar-refractivity contribution in [1.82, 2.24) is 10.2 Å². The van der Waals surface area contributed by atoms with Crippen LogP contribution in [0, 0.1) is 6.92 Å². The summed E-state index contributed by atoms with van der Waals surface area (Å²) in [4.78, 5) is 27.4. The SMILES string of the molecule is CCC(C(=O)NC(C)C)N(Cc1ccccc1C)C(=O)COc1ccc(Cl)cc1. The third-order valence-electron chi connectivity index (χ3n) is 4.59. The number of ether oxygens (including phenoxy) is 1. The van der Waals surface area contributed by atoms with Crippen molar-refractivity contribution in [3.8, 4) is 5.75 Å². The molecule has 2 aromatic carbocycles. The minimum absolute atomic E-state index is 0.00252. The molecule has 1 unspecified atom stereocenters. The van der Waals surface area contributed by atoms with Crippen LogP contribution in [0.3, 0.4) is 0 Å². The van der Waals surface area contributed by atoms with Gasteiger partial charge in [0.1, 0.15) is 11.8 Å². The first-order chi connectivity index (χ1) is 13.8. The summed E-state index contributed by atoms with van der Waals surface area (Å²) in [5.74, 6) is 0.156. The Labute approximate surface area is 178 Å². The molecule has 2 aromatic rings.